The predicted molar refractivity (Wildman–Crippen MR) is 180 cm³/mol. The number of amides is 5. The smallest absolute Gasteiger partial charge is 0.261 e. The van der Waals surface area contributed by atoms with Crippen LogP contribution in [0, 0.1) is 10.8 Å². The van der Waals surface area contributed by atoms with Gasteiger partial charge in [0.25, 0.3) is 23.6 Å². The second kappa shape index (κ2) is 13.9. The molecule has 48 heavy (non-hydrogen) atoms. The van der Waals surface area contributed by atoms with Gasteiger partial charge in [-0.3, -0.25) is 38.6 Å². The molecule has 7 rings (SSSR count). The van der Waals surface area contributed by atoms with Crippen LogP contribution in [-0.2, 0) is 14.3 Å². The Kier molecular flexibility index (Phi) is 10.3. The Hall–Kier alpha value is -3.89. The molecule has 10 nitrogen and oxygen atoms in total. The summed E-state index contributed by atoms with van der Waals surface area (Å²) < 4.78 is 5.33. The molecule has 0 bridgehead atoms. The summed E-state index contributed by atoms with van der Waals surface area (Å²) >= 11 is 5.65. The molecule has 2 aliphatic carbocycles. The van der Waals surface area contributed by atoms with Crippen molar-refractivity contribution in [3.63, 3.8) is 0 Å². The SMILES string of the molecule is C.CC1(C(=O)Cl)CCC(N2C(=O)c3ccccc3C2=O)CC1.CC1(C(=O)N2CCOCC2)CCC(N2C(=O)c3ccccc3C2=O)CC1. The molecular weight excluding hydrogens is 634 g/mol. The van der Waals surface area contributed by atoms with Crippen molar-refractivity contribution in [2.45, 2.75) is 84.7 Å². The molecule has 0 radical (unpaired) electrons. The molecule has 3 fully saturated rings. The standard InChI is InChI=1S/C20H24N2O4.C16H16ClNO3.CH4/c1-20(19(25)21-10-12-26-13-11-21)8-6-14(7-9-20)22-17(23)15-4-2-3-5-16(15)18(22)24;1-16(15(17)21)8-6-10(7-9-16)18-13(19)11-4-2-3-5-12(11)14(18)20;/h2-5,14H,6-13H2,1H3;2-5,10H,6-9H2,1H3;1H4. The molecule has 3 aliphatic heterocycles. The number of ether oxygens (including phenoxy) is 1. The van der Waals surface area contributed by atoms with Gasteiger partial charge in [0, 0.05) is 36.0 Å². The number of fused-ring (bicyclic) bond motifs is 2. The van der Waals surface area contributed by atoms with Gasteiger partial charge in [-0.25, -0.2) is 0 Å². The predicted octanol–water partition coefficient (Wildman–Crippen LogP) is 5.72. The Morgan fingerprint density at radius 2 is 0.979 bits per heavy atom. The molecule has 2 aromatic rings. The summed E-state index contributed by atoms with van der Waals surface area (Å²) in [6, 6.07) is 13.6. The molecule has 3 heterocycles. The molecule has 0 atom stereocenters. The topological polar surface area (TPSA) is 121 Å². The van der Waals surface area contributed by atoms with Crippen molar-refractivity contribution in [1.29, 1.82) is 0 Å². The van der Waals surface area contributed by atoms with Gasteiger partial charge in [-0.1, -0.05) is 45.5 Å². The quantitative estimate of drug-likeness (QED) is 0.300. The number of rotatable bonds is 4. The van der Waals surface area contributed by atoms with Crippen LogP contribution < -0.4 is 0 Å². The van der Waals surface area contributed by atoms with E-state index in [2.05, 4.69) is 0 Å². The highest BCUT2D eigenvalue weighted by molar-refractivity contribution is 6.64. The van der Waals surface area contributed by atoms with Gasteiger partial charge >= 0.3 is 0 Å². The Bertz CT molecular complexity index is 1550. The summed E-state index contributed by atoms with van der Waals surface area (Å²) in [6.07, 6.45) is 5.21. The molecule has 0 unspecified atom stereocenters. The fourth-order valence-electron chi connectivity index (χ4n) is 7.63. The fraction of sp³-hybridized carbons (Fsp3) is 0.514. The summed E-state index contributed by atoms with van der Waals surface area (Å²) in [7, 11) is 0. The van der Waals surface area contributed by atoms with Crippen LogP contribution in [0.2, 0.25) is 0 Å². The lowest BCUT2D eigenvalue weighted by atomic mass is 9.72. The third kappa shape index (κ3) is 6.32. The van der Waals surface area contributed by atoms with Gasteiger partial charge in [0.1, 0.15) is 0 Å². The van der Waals surface area contributed by atoms with E-state index in [0.717, 1.165) is 0 Å². The van der Waals surface area contributed by atoms with Gasteiger partial charge in [0.15, 0.2) is 0 Å². The van der Waals surface area contributed by atoms with E-state index < -0.39 is 10.8 Å². The van der Waals surface area contributed by atoms with Crippen LogP contribution in [0.4, 0.5) is 0 Å². The van der Waals surface area contributed by atoms with E-state index in [1.54, 1.807) is 48.5 Å². The molecule has 256 valence electrons. The number of hydrogen-bond donors (Lipinski definition) is 0. The van der Waals surface area contributed by atoms with Crippen molar-refractivity contribution in [3.8, 4) is 0 Å². The zero-order valence-electron chi connectivity index (χ0n) is 26.8. The average molecular weight is 678 g/mol. The number of carbonyl (C=O) groups excluding carboxylic acids is 6. The Morgan fingerprint density at radius 1 is 0.646 bits per heavy atom. The lowest BCUT2D eigenvalue weighted by Crippen LogP contribution is -2.51. The van der Waals surface area contributed by atoms with Gasteiger partial charge in [-0.05, 0) is 87.2 Å². The summed E-state index contributed by atoms with van der Waals surface area (Å²) in [5, 5.41) is -0.330. The molecule has 0 spiro atoms. The lowest BCUT2D eigenvalue weighted by Gasteiger charge is -2.42. The van der Waals surface area contributed by atoms with Gasteiger partial charge in [0.05, 0.1) is 35.5 Å². The van der Waals surface area contributed by atoms with Crippen molar-refractivity contribution in [2.75, 3.05) is 26.3 Å². The third-order valence-corrected chi connectivity index (χ3v) is 11.2. The summed E-state index contributed by atoms with van der Waals surface area (Å²) in [4.78, 5) is 79.2. The summed E-state index contributed by atoms with van der Waals surface area (Å²) in [6.45, 7) is 6.36. The number of imide groups is 2. The lowest BCUT2D eigenvalue weighted by molar-refractivity contribution is -0.147. The van der Waals surface area contributed by atoms with E-state index >= 15 is 0 Å². The number of benzene rings is 2. The van der Waals surface area contributed by atoms with E-state index in [1.165, 1.54) is 9.80 Å². The number of carbonyl (C=O) groups is 6. The van der Waals surface area contributed by atoms with Crippen molar-refractivity contribution >= 4 is 46.4 Å². The second-order valence-electron chi connectivity index (χ2n) is 13.8. The summed E-state index contributed by atoms with van der Waals surface area (Å²) in [5.74, 6) is -0.651. The van der Waals surface area contributed by atoms with Crippen LogP contribution in [0.3, 0.4) is 0 Å². The number of morpholine rings is 1. The van der Waals surface area contributed by atoms with Gasteiger partial charge in [0.2, 0.25) is 11.1 Å². The van der Waals surface area contributed by atoms with Gasteiger partial charge < -0.3 is 9.64 Å². The maximum absolute atomic E-state index is 12.9. The maximum Gasteiger partial charge on any atom is 0.261 e. The third-order valence-electron chi connectivity index (χ3n) is 10.8. The largest absolute Gasteiger partial charge is 0.378 e. The summed E-state index contributed by atoms with van der Waals surface area (Å²) in [5.41, 5.74) is 1.00. The first-order chi connectivity index (χ1) is 22.4. The minimum atomic E-state index is -0.531. The van der Waals surface area contributed by atoms with Crippen LogP contribution in [0.25, 0.3) is 0 Å². The van der Waals surface area contributed by atoms with Crippen LogP contribution in [0.1, 0.15) is 114 Å². The average Bonchev–Trinajstić information content (AvgIpc) is 3.50. The number of hydrogen-bond acceptors (Lipinski definition) is 7. The van der Waals surface area contributed by atoms with Crippen LogP contribution in [-0.4, -0.2) is 87.9 Å². The molecule has 11 heteroatoms. The van der Waals surface area contributed by atoms with Crippen molar-refractivity contribution in [3.05, 3.63) is 70.8 Å². The van der Waals surface area contributed by atoms with Gasteiger partial charge in [-0.15, -0.1) is 0 Å². The van der Waals surface area contributed by atoms with E-state index in [9.17, 15) is 28.8 Å². The first-order valence-corrected chi connectivity index (χ1v) is 16.8. The van der Waals surface area contributed by atoms with Crippen LogP contribution in [0.15, 0.2) is 48.5 Å². The monoisotopic (exact) mass is 677 g/mol. The van der Waals surface area contributed by atoms with E-state index in [0.29, 0.717) is 99.9 Å². The molecule has 5 aliphatic rings. The van der Waals surface area contributed by atoms with Crippen LogP contribution >= 0.6 is 11.6 Å². The van der Waals surface area contributed by atoms with Crippen LogP contribution in [0.5, 0.6) is 0 Å². The molecule has 2 aromatic carbocycles. The van der Waals surface area contributed by atoms with Crippen molar-refractivity contribution < 1.29 is 33.5 Å². The molecule has 5 amide bonds. The highest BCUT2D eigenvalue weighted by atomic mass is 35.5. The highest BCUT2D eigenvalue weighted by Gasteiger charge is 2.47. The number of halogens is 1. The van der Waals surface area contributed by atoms with E-state index in [1.807, 2.05) is 18.7 Å². The minimum absolute atomic E-state index is 0. The van der Waals surface area contributed by atoms with Crippen molar-refractivity contribution in [2.24, 2.45) is 10.8 Å². The zero-order valence-corrected chi connectivity index (χ0v) is 27.6. The van der Waals surface area contributed by atoms with E-state index in [-0.39, 0.29) is 54.3 Å². The Labute approximate surface area is 286 Å². The maximum atomic E-state index is 12.9. The zero-order chi connectivity index (χ0) is 33.5. The van der Waals surface area contributed by atoms with Gasteiger partial charge in [-0.2, -0.15) is 0 Å². The Morgan fingerprint density at radius 3 is 1.31 bits per heavy atom. The van der Waals surface area contributed by atoms with Crippen molar-refractivity contribution in [1.82, 2.24) is 14.7 Å². The minimum Gasteiger partial charge on any atom is -0.378 e. The highest BCUT2D eigenvalue weighted by Crippen LogP contribution is 2.42. The first-order valence-electron chi connectivity index (χ1n) is 16.5. The fourth-order valence-corrected chi connectivity index (χ4v) is 7.82. The normalized spacial score (nSPS) is 28.3. The molecule has 0 N–H and O–H groups in total. The molecule has 1 saturated heterocycles. The van der Waals surface area contributed by atoms with E-state index in [4.69, 9.17) is 16.3 Å². The number of nitrogens with zero attached hydrogens (tertiary/aromatic N) is 3. The Balaban J connectivity index is 0.000000188. The second-order valence-corrected chi connectivity index (χ2v) is 14.2. The molecule has 2 saturated carbocycles. The first kappa shape index (κ1) is 35.4. The molecular formula is C37H44ClN3O7. The molecule has 0 aromatic heterocycles.